The summed E-state index contributed by atoms with van der Waals surface area (Å²) in [5, 5.41) is 0. The molecule has 4 heteroatoms. The van der Waals surface area contributed by atoms with E-state index in [4.69, 9.17) is 10.5 Å². The topological polar surface area (TPSA) is 55.6 Å². The van der Waals surface area contributed by atoms with Gasteiger partial charge in [-0.2, -0.15) is 0 Å². The molecule has 0 aromatic carbocycles. The van der Waals surface area contributed by atoms with Crippen molar-refractivity contribution in [2.24, 2.45) is 5.73 Å². The van der Waals surface area contributed by atoms with Crippen LogP contribution in [0.25, 0.3) is 0 Å². The van der Waals surface area contributed by atoms with Gasteiger partial charge < -0.3 is 10.5 Å². The smallest absolute Gasteiger partial charge is 0.414 e. The molecule has 0 unspecified atom stereocenters. The van der Waals surface area contributed by atoms with E-state index in [1.165, 1.54) is 0 Å². The largest absolute Gasteiger partial charge is 0.443 e. The monoisotopic (exact) mass is 198 g/mol. The second-order valence-electron chi connectivity index (χ2n) is 4.32. The Hall–Kier alpha value is -1.03. The molecule has 0 aliphatic carbocycles. The van der Waals surface area contributed by atoms with Crippen LogP contribution in [0.15, 0.2) is 11.8 Å². The first kappa shape index (κ1) is 11.0. The van der Waals surface area contributed by atoms with Gasteiger partial charge in [0.2, 0.25) is 0 Å². The van der Waals surface area contributed by atoms with Crippen LogP contribution in [0.4, 0.5) is 4.79 Å². The van der Waals surface area contributed by atoms with E-state index >= 15 is 0 Å². The number of ether oxygens (including phenoxy) is 1. The summed E-state index contributed by atoms with van der Waals surface area (Å²) >= 11 is 0. The van der Waals surface area contributed by atoms with Crippen LogP contribution in [0.3, 0.4) is 0 Å². The van der Waals surface area contributed by atoms with Gasteiger partial charge in [-0.25, -0.2) is 4.79 Å². The van der Waals surface area contributed by atoms with E-state index in [9.17, 15) is 4.79 Å². The maximum absolute atomic E-state index is 11.6. The normalized spacial score (nSPS) is 16.9. The van der Waals surface area contributed by atoms with Crippen molar-refractivity contribution in [2.45, 2.75) is 32.8 Å². The fraction of sp³-hybridized carbons (Fsp3) is 0.700. The van der Waals surface area contributed by atoms with E-state index in [1.807, 2.05) is 26.8 Å². The molecule has 1 aliphatic heterocycles. The second-order valence-corrected chi connectivity index (χ2v) is 4.32. The zero-order valence-corrected chi connectivity index (χ0v) is 9.04. The first-order valence-corrected chi connectivity index (χ1v) is 4.83. The van der Waals surface area contributed by atoms with Crippen LogP contribution in [0.5, 0.6) is 0 Å². The van der Waals surface area contributed by atoms with Crippen LogP contribution < -0.4 is 5.73 Å². The van der Waals surface area contributed by atoms with E-state index in [-0.39, 0.29) is 6.09 Å². The van der Waals surface area contributed by atoms with E-state index in [0.29, 0.717) is 13.1 Å². The summed E-state index contributed by atoms with van der Waals surface area (Å²) < 4.78 is 5.24. The lowest BCUT2D eigenvalue weighted by Crippen LogP contribution is -2.36. The van der Waals surface area contributed by atoms with Crippen molar-refractivity contribution in [3.8, 4) is 0 Å². The van der Waals surface area contributed by atoms with Gasteiger partial charge in [0.1, 0.15) is 5.60 Å². The molecule has 0 atom stereocenters. The van der Waals surface area contributed by atoms with Crippen LogP contribution in [-0.2, 0) is 4.74 Å². The minimum atomic E-state index is -0.445. The predicted molar refractivity (Wildman–Crippen MR) is 54.7 cm³/mol. The molecule has 1 rings (SSSR count). The molecule has 0 fully saturated rings. The van der Waals surface area contributed by atoms with Crippen LogP contribution in [0, 0.1) is 0 Å². The maximum Gasteiger partial charge on any atom is 0.414 e. The molecular formula is C10H18N2O2. The highest BCUT2D eigenvalue weighted by atomic mass is 16.6. The lowest BCUT2D eigenvalue weighted by molar-refractivity contribution is 0.0328. The highest BCUT2D eigenvalue weighted by Crippen LogP contribution is 2.18. The van der Waals surface area contributed by atoms with E-state index in [0.717, 1.165) is 12.1 Å². The Balaban J connectivity index is 2.58. The number of nitrogens with two attached hydrogens (primary N) is 1. The molecule has 0 spiro atoms. The molecule has 2 N–H and O–H groups in total. The van der Waals surface area contributed by atoms with Crippen LogP contribution in [-0.4, -0.2) is 29.7 Å². The predicted octanol–water partition coefficient (Wildman–Crippen LogP) is 1.47. The summed E-state index contributed by atoms with van der Waals surface area (Å²) in [6, 6.07) is 0. The van der Waals surface area contributed by atoms with Gasteiger partial charge in [-0.3, -0.25) is 4.90 Å². The number of nitrogens with zero attached hydrogens (tertiary/aromatic N) is 1. The molecule has 80 valence electrons. The van der Waals surface area contributed by atoms with Gasteiger partial charge >= 0.3 is 6.09 Å². The van der Waals surface area contributed by atoms with Gasteiger partial charge in [0, 0.05) is 18.8 Å². The first-order chi connectivity index (χ1) is 6.44. The summed E-state index contributed by atoms with van der Waals surface area (Å²) in [5.41, 5.74) is 5.92. The van der Waals surface area contributed by atoms with Crippen molar-refractivity contribution in [2.75, 3.05) is 13.1 Å². The van der Waals surface area contributed by atoms with Crippen LogP contribution >= 0.6 is 0 Å². The zero-order chi connectivity index (χ0) is 10.8. The minimum Gasteiger partial charge on any atom is -0.443 e. The molecule has 0 bridgehead atoms. The molecule has 4 nitrogen and oxygen atoms in total. The summed E-state index contributed by atoms with van der Waals surface area (Å²) in [6.07, 6.45) is 2.54. The standard InChI is InChI=1S/C10H18N2O2/c1-10(2,3)14-9(13)12-6-4-5-8(12)7-11/h5H,4,6-7,11H2,1-3H3. The maximum atomic E-state index is 11.6. The molecule has 0 saturated heterocycles. The Kier molecular flexibility index (Phi) is 3.16. The highest BCUT2D eigenvalue weighted by molar-refractivity contribution is 5.71. The van der Waals surface area contributed by atoms with Gasteiger partial charge in [0.05, 0.1) is 0 Å². The van der Waals surface area contributed by atoms with Gasteiger partial charge in [0.25, 0.3) is 0 Å². The van der Waals surface area contributed by atoms with Gasteiger partial charge in [-0.15, -0.1) is 0 Å². The summed E-state index contributed by atoms with van der Waals surface area (Å²) in [6.45, 7) is 6.63. The summed E-state index contributed by atoms with van der Waals surface area (Å²) in [7, 11) is 0. The average Bonchev–Trinajstić information content (AvgIpc) is 2.47. The third-order valence-electron chi connectivity index (χ3n) is 1.90. The van der Waals surface area contributed by atoms with Crippen molar-refractivity contribution in [3.05, 3.63) is 11.8 Å². The fourth-order valence-electron chi connectivity index (χ4n) is 1.33. The number of carbonyl (C=O) groups is 1. The molecule has 14 heavy (non-hydrogen) atoms. The first-order valence-electron chi connectivity index (χ1n) is 4.83. The van der Waals surface area contributed by atoms with E-state index in [1.54, 1.807) is 4.90 Å². The van der Waals surface area contributed by atoms with Crippen molar-refractivity contribution in [1.29, 1.82) is 0 Å². The Labute approximate surface area is 84.7 Å². The van der Waals surface area contributed by atoms with E-state index < -0.39 is 5.60 Å². The zero-order valence-electron chi connectivity index (χ0n) is 9.04. The van der Waals surface area contributed by atoms with Gasteiger partial charge in [-0.1, -0.05) is 6.08 Å². The Morgan fingerprint density at radius 2 is 2.29 bits per heavy atom. The summed E-state index contributed by atoms with van der Waals surface area (Å²) in [4.78, 5) is 13.2. The van der Waals surface area contributed by atoms with Crippen LogP contribution in [0.2, 0.25) is 0 Å². The quantitative estimate of drug-likeness (QED) is 0.694. The third kappa shape index (κ3) is 2.73. The van der Waals surface area contributed by atoms with Crippen molar-refractivity contribution in [1.82, 2.24) is 4.90 Å². The van der Waals surface area contributed by atoms with Crippen molar-refractivity contribution in [3.63, 3.8) is 0 Å². The van der Waals surface area contributed by atoms with E-state index in [2.05, 4.69) is 0 Å². The number of hydrogen-bond acceptors (Lipinski definition) is 3. The molecule has 1 amide bonds. The number of carbonyl (C=O) groups excluding carboxylic acids is 1. The SMILES string of the molecule is CC(C)(C)OC(=O)N1CCC=C1CN. The molecule has 0 radical (unpaired) electrons. The highest BCUT2D eigenvalue weighted by Gasteiger charge is 2.26. The lowest BCUT2D eigenvalue weighted by atomic mass is 10.2. The Morgan fingerprint density at radius 3 is 2.79 bits per heavy atom. The van der Waals surface area contributed by atoms with Crippen molar-refractivity contribution < 1.29 is 9.53 Å². The number of hydrogen-bond donors (Lipinski definition) is 1. The minimum absolute atomic E-state index is 0.299. The molecule has 1 heterocycles. The molecular weight excluding hydrogens is 180 g/mol. The fourth-order valence-corrected chi connectivity index (χ4v) is 1.33. The average molecular weight is 198 g/mol. The second kappa shape index (κ2) is 4.00. The van der Waals surface area contributed by atoms with Crippen LogP contribution in [0.1, 0.15) is 27.2 Å². The number of amides is 1. The Bertz CT molecular complexity index is 253. The molecule has 0 saturated carbocycles. The van der Waals surface area contributed by atoms with Crippen molar-refractivity contribution >= 4 is 6.09 Å². The van der Waals surface area contributed by atoms with Gasteiger partial charge in [-0.05, 0) is 27.2 Å². The molecule has 0 aromatic rings. The van der Waals surface area contributed by atoms with Gasteiger partial charge in [0.15, 0.2) is 0 Å². The lowest BCUT2D eigenvalue weighted by Gasteiger charge is -2.25. The molecule has 1 aliphatic rings. The summed E-state index contributed by atoms with van der Waals surface area (Å²) in [5.74, 6) is 0. The molecule has 0 aromatic heterocycles. The third-order valence-corrected chi connectivity index (χ3v) is 1.90. The number of rotatable bonds is 1. The Morgan fingerprint density at radius 1 is 1.64 bits per heavy atom.